The molecular weight excluding hydrogens is 1800 g/mol. The average Bonchev–Trinajstić information content (AvgIpc) is 0.872. The molecule has 10 atom stereocenters. The maximum Gasteiger partial charge on any atom is 0.245 e. The van der Waals surface area contributed by atoms with Crippen molar-refractivity contribution in [3.63, 3.8) is 0 Å². The quantitative estimate of drug-likeness (QED) is 0.0153. The maximum absolute atomic E-state index is 14.6. The van der Waals surface area contributed by atoms with Gasteiger partial charge in [-0.05, 0) is 180 Å². The van der Waals surface area contributed by atoms with Gasteiger partial charge in [0.25, 0.3) is 0 Å². The van der Waals surface area contributed by atoms with Gasteiger partial charge in [0, 0.05) is 49.2 Å². The van der Waals surface area contributed by atoms with Crippen LogP contribution in [-0.4, -0.2) is 212 Å². The highest BCUT2D eigenvalue weighted by Crippen LogP contribution is 2.17. The van der Waals surface area contributed by atoms with Crippen LogP contribution >= 0.6 is 123 Å². The van der Waals surface area contributed by atoms with Crippen molar-refractivity contribution in [1.82, 2.24) is 53.2 Å². The van der Waals surface area contributed by atoms with Crippen LogP contribution in [0, 0.1) is 0 Å². The summed E-state index contributed by atoms with van der Waals surface area (Å²) in [5.41, 5.74) is 47.3. The smallest absolute Gasteiger partial charge is 0.245 e. The number of unbranched alkanes of at least 4 members (excludes halogenated alkanes) is 28. The van der Waals surface area contributed by atoms with Gasteiger partial charge in [0.05, 0.1) is 37.2 Å². The number of hydrogen-bond acceptors (Lipinski definition) is 22. The van der Waals surface area contributed by atoms with E-state index >= 15 is 0 Å². The Morgan fingerprint density at radius 2 is 0.556 bits per heavy atom. The third kappa shape index (κ3) is 79.7. The molecule has 0 aliphatic heterocycles. The molecule has 0 heterocycles. The van der Waals surface area contributed by atoms with E-state index in [1.165, 1.54) is 101 Å². The van der Waals surface area contributed by atoms with E-state index in [2.05, 4.69) is 91.3 Å². The zero-order valence-electron chi connectivity index (χ0n) is 74.8. The van der Waals surface area contributed by atoms with Crippen molar-refractivity contribution >= 4 is 182 Å². The largest absolute Gasteiger partial charge is 0.394 e. The minimum absolute atomic E-state index is 0. The van der Waals surface area contributed by atoms with E-state index in [0.29, 0.717) is 123 Å². The first-order valence-electron chi connectivity index (χ1n) is 44.6. The lowest BCUT2D eigenvalue weighted by Crippen LogP contribution is -2.59. The van der Waals surface area contributed by atoms with Crippen LogP contribution in [0.2, 0.25) is 0 Å². The Balaban J connectivity index is -0.00000236. The fourth-order valence-electron chi connectivity index (χ4n) is 12.7. The second kappa shape index (κ2) is 98.8. The molecule has 0 spiro atoms. The monoisotopic (exact) mass is 1970 g/mol. The summed E-state index contributed by atoms with van der Waals surface area (Å²) in [6, 6.07) is -10.0. The highest BCUT2D eigenvalue weighted by molar-refractivity contribution is 8.03. The van der Waals surface area contributed by atoms with Crippen LogP contribution in [0.1, 0.15) is 303 Å². The minimum atomic E-state index is -1.66. The van der Waals surface area contributed by atoms with E-state index in [0.717, 1.165) is 96.3 Å². The number of nitrogens with one attached hydrogen (secondary N) is 10. The Labute approximate surface area is 803 Å². The number of thioether (sulfide) groups is 2. The average molecular weight is 1970 g/mol. The van der Waals surface area contributed by atoms with Crippen molar-refractivity contribution in [3.05, 3.63) is 24.3 Å². The second-order valence-electron chi connectivity index (χ2n) is 30.8. The molecule has 0 saturated carbocycles. The predicted molar refractivity (Wildman–Crippen MR) is 531 cm³/mol. The lowest BCUT2D eigenvalue weighted by molar-refractivity contribution is -0.134. The summed E-state index contributed by atoms with van der Waals surface area (Å²) in [6.07, 6.45) is 45.1. The Bertz CT molecular complexity index is 2650. The van der Waals surface area contributed by atoms with Crippen LogP contribution in [-0.2, 0) is 47.9 Å². The summed E-state index contributed by atoms with van der Waals surface area (Å²) in [6.45, 7) is 6.36. The summed E-state index contributed by atoms with van der Waals surface area (Å²) in [5, 5.41) is 49.1. The molecule has 0 aromatic rings. The van der Waals surface area contributed by atoms with E-state index in [9.17, 15) is 58.2 Å². The summed E-state index contributed by atoms with van der Waals surface area (Å²) in [5.74, 6) is -5.85. The van der Waals surface area contributed by atoms with Crippen molar-refractivity contribution in [2.24, 2.45) is 45.9 Å². The first kappa shape index (κ1) is 139. The normalized spacial score (nSPS) is 13.2. The number of hydrogen-bond donors (Lipinski definition) is 20. The highest BCUT2D eigenvalue weighted by atomic mass is 35.5. The molecule has 0 aromatic heterocycles. The van der Waals surface area contributed by atoms with Crippen LogP contribution in [0.15, 0.2) is 24.3 Å². The molecular formula is C84H172Cl8N18O12S2. The van der Waals surface area contributed by atoms with Crippen molar-refractivity contribution in [2.75, 3.05) is 82.0 Å². The molecule has 0 rings (SSSR count). The van der Waals surface area contributed by atoms with E-state index < -0.39 is 121 Å². The second-order valence-corrected chi connectivity index (χ2v) is 33.1. The lowest BCUT2D eigenvalue weighted by atomic mass is 10.1. The van der Waals surface area contributed by atoms with Gasteiger partial charge in [-0.1, -0.05) is 167 Å². The van der Waals surface area contributed by atoms with Crippen LogP contribution < -0.4 is 99.0 Å². The maximum atomic E-state index is 14.6. The number of aliphatic hydroxyl groups excluding tert-OH is 2. The van der Waals surface area contributed by atoms with Crippen molar-refractivity contribution in [1.29, 1.82) is 0 Å². The minimum Gasteiger partial charge on any atom is -0.394 e. The summed E-state index contributed by atoms with van der Waals surface area (Å²) >= 11 is 2.43. The molecule has 0 aromatic carbocycles. The molecule has 40 heteroatoms. The SMILES string of the molecule is CCCCCCCC/C=C/CCCCCCCCNC(=O)CC(O)NC(=O)C(CSCCSCC(NC(=O)C(CCCCNC(=O)C(N)CCCN)NC(=O)C(N)CCCCN)C(=O)NC(CO)C(=O)NCCCCCCCC/C=C/CCCCCCCC)NC(=O)C(CCCCNC(=O)C(N)CCCN)NC(=O)C(N)CCCCN.Cl.Cl.Cl.Cl.Cl.Cl.Cl.Cl. The number of carbonyl (C=O) groups is 10. The van der Waals surface area contributed by atoms with E-state index in [4.69, 9.17) is 45.9 Å². The third-order valence-electron chi connectivity index (χ3n) is 20.1. The van der Waals surface area contributed by atoms with E-state index in [1.54, 1.807) is 0 Å². The molecule has 0 bridgehead atoms. The molecule has 0 radical (unpaired) electrons. The third-order valence-corrected chi connectivity index (χ3v) is 22.5. The predicted octanol–water partition coefficient (Wildman–Crippen LogP) is 8.99. The number of amides is 10. The molecule has 0 fully saturated rings. The molecule has 0 aliphatic carbocycles. The number of rotatable bonds is 81. The first-order valence-corrected chi connectivity index (χ1v) is 46.9. The topological polar surface area (TPSA) is 540 Å². The Hall–Kier alpha value is -3.20. The fourth-order valence-corrected chi connectivity index (χ4v) is 14.9. The van der Waals surface area contributed by atoms with Gasteiger partial charge >= 0.3 is 0 Å². The van der Waals surface area contributed by atoms with Crippen LogP contribution in [0.4, 0.5) is 0 Å². The van der Waals surface area contributed by atoms with Crippen LogP contribution in [0.5, 0.6) is 0 Å². The van der Waals surface area contributed by atoms with Gasteiger partial charge < -0.3 is 109 Å². The highest BCUT2D eigenvalue weighted by Gasteiger charge is 2.33. The molecule has 0 aliphatic rings. The summed E-state index contributed by atoms with van der Waals surface area (Å²) in [7, 11) is 0. The number of halogens is 8. The van der Waals surface area contributed by atoms with Crippen LogP contribution in [0.25, 0.3) is 0 Å². The fraction of sp³-hybridized carbons (Fsp3) is 0.833. The Kier molecular flexibility index (Phi) is 111. The number of carbonyl (C=O) groups excluding carboxylic acids is 10. The van der Waals surface area contributed by atoms with E-state index in [1.807, 2.05) is 0 Å². The van der Waals surface area contributed by atoms with Crippen molar-refractivity contribution in [2.45, 2.75) is 363 Å². The van der Waals surface area contributed by atoms with Gasteiger partial charge in [0.15, 0.2) is 0 Å². The molecule has 10 unspecified atom stereocenters. The molecule has 124 heavy (non-hydrogen) atoms. The first-order chi connectivity index (χ1) is 56.1. The van der Waals surface area contributed by atoms with Gasteiger partial charge in [0.1, 0.15) is 36.4 Å². The number of nitrogens with two attached hydrogens (primary N) is 8. The zero-order chi connectivity index (χ0) is 85.9. The van der Waals surface area contributed by atoms with Crippen LogP contribution in [0.3, 0.4) is 0 Å². The lowest BCUT2D eigenvalue weighted by Gasteiger charge is -2.26. The molecule has 738 valence electrons. The zero-order valence-corrected chi connectivity index (χ0v) is 82.9. The molecule has 0 saturated heterocycles. The molecule has 10 amide bonds. The van der Waals surface area contributed by atoms with E-state index in [-0.39, 0.29) is 173 Å². The van der Waals surface area contributed by atoms with Gasteiger partial charge in [0.2, 0.25) is 59.1 Å². The van der Waals surface area contributed by atoms with Gasteiger partial charge in [-0.3, -0.25) is 47.9 Å². The van der Waals surface area contributed by atoms with Crippen molar-refractivity contribution < 1.29 is 58.2 Å². The summed E-state index contributed by atoms with van der Waals surface area (Å²) in [4.78, 5) is 137. The van der Waals surface area contributed by atoms with Crippen molar-refractivity contribution in [3.8, 4) is 0 Å². The standard InChI is InChI=1S/C84H164N18O12S2.8ClH/c1-3-5-7-9-11-13-15-17-19-21-23-25-27-29-31-39-55-93-74(104)61-75(105)102-84(114)73(101-82(112)70(98-79(109)68(92)46-34-38-52-86)50-36-42-58-95-77(107)66(90)48-44-54-88)64-116-60-59-115-63-72(83(113)99-71(62-103)80(110)96-56-40-32-30-28-26-24-22-20-18-16-14-12-10-8-6-4-2)100-81(111)69(97-78(108)67(91)45-33-37-51-85)49-35-41-57-94-76(106)65(89)47-43-53-87;;;;;;;;/h17-20,65-73,75,103,105H,3-16,21-64,85-92H2,1-2H3,(H,93,104)(H,94,106)(H,95,107)(H,96,110)(H,97,108)(H,98,109)(H,99,113)(H,100,111)(H,101,112)(H,102,114);8*1H/b19-17+,20-18+;;;;;;;;. The Morgan fingerprint density at radius 3 is 0.903 bits per heavy atom. The molecule has 30 nitrogen and oxygen atoms in total. The molecule has 28 N–H and O–H groups in total. The van der Waals surface area contributed by atoms with Gasteiger partial charge in [-0.25, -0.2) is 0 Å². The number of aliphatic hydroxyl groups is 2. The Morgan fingerprint density at radius 1 is 0.290 bits per heavy atom. The number of allylic oxidation sites excluding steroid dienone is 4. The van der Waals surface area contributed by atoms with Gasteiger partial charge in [-0.15, -0.1) is 99.3 Å². The van der Waals surface area contributed by atoms with Gasteiger partial charge in [-0.2, -0.15) is 23.5 Å². The summed E-state index contributed by atoms with van der Waals surface area (Å²) < 4.78 is 0.